The van der Waals surface area contributed by atoms with Crippen molar-refractivity contribution in [3.63, 3.8) is 0 Å². The molecule has 1 aliphatic rings. The minimum absolute atomic E-state index is 0.118. The molecule has 8 nitrogen and oxygen atoms in total. The lowest BCUT2D eigenvalue weighted by Gasteiger charge is -2.35. The van der Waals surface area contributed by atoms with E-state index < -0.39 is 12.2 Å². The number of benzene rings is 3. The third kappa shape index (κ3) is 8.75. The zero-order valence-corrected chi connectivity index (χ0v) is 23.6. The third-order valence-corrected chi connectivity index (χ3v) is 6.97. The first-order chi connectivity index (χ1) is 20.0. The molecule has 1 atom stereocenters. The largest absolute Gasteiger partial charge is 0.513 e. The van der Waals surface area contributed by atoms with Gasteiger partial charge in [0.25, 0.3) is 0 Å². The lowest BCUT2D eigenvalue weighted by atomic mass is 10.00. The second-order valence-electron chi connectivity index (χ2n) is 9.88. The highest BCUT2D eigenvalue weighted by atomic mass is 16.7. The molecule has 1 unspecified atom stereocenters. The minimum atomic E-state index is -0.807. The summed E-state index contributed by atoms with van der Waals surface area (Å²) in [6.45, 7) is 4.00. The van der Waals surface area contributed by atoms with Crippen molar-refractivity contribution >= 4 is 18.0 Å². The van der Waals surface area contributed by atoms with E-state index in [4.69, 9.17) is 24.7 Å². The Kier molecular flexibility index (Phi) is 11.1. The highest BCUT2D eigenvalue weighted by Crippen LogP contribution is 2.31. The van der Waals surface area contributed by atoms with Crippen LogP contribution >= 0.6 is 0 Å². The lowest BCUT2D eigenvalue weighted by molar-refractivity contribution is -0.116. The molecule has 0 saturated carbocycles. The van der Waals surface area contributed by atoms with Crippen LogP contribution in [0.25, 0.3) is 6.08 Å². The molecule has 1 aliphatic heterocycles. The standard InChI is InChI=1S/C33H38N2O6/c1-3-39-33(37)41-30-17-15-24(22-31(30)38-2)14-16-29(36)28(34)23-35-20-18-27(19-21-35)40-32(25-10-6-4-7-11-25)26-12-8-5-9-13-26/h4-17,22,27-28,32H,3,18-21,23,34H2,1-2H3. The van der Waals surface area contributed by atoms with Crippen molar-refractivity contribution in [2.45, 2.75) is 38.0 Å². The Bertz CT molecular complexity index is 1250. The second kappa shape index (κ2) is 15.1. The SMILES string of the molecule is CCOC(=O)Oc1ccc(C=CC(=O)C(N)CN2CCC(OC(c3ccccc3)c3ccccc3)CC2)cc1OC. The number of rotatable bonds is 12. The molecule has 216 valence electrons. The number of hydrogen-bond acceptors (Lipinski definition) is 8. The maximum Gasteiger partial charge on any atom is 0.513 e. The molecule has 41 heavy (non-hydrogen) atoms. The number of carbonyl (C=O) groups is 2. The van der Waals surface area contributed by atoms with E-state index in [2.05, 4.69) is 29.2 Å². The van der Waals surface area contributed by atoms with Gasteiger partial charge >= 0.3 is 6.16 Å². The van der Waals surface area contributed by atoms with Gasteiger partial charge in [-0.25, -0.2) is 4.79 Å². The average molecular weight is 559 g/mol. The Morgan fingerprint density at radius 2 is 1.59 bits per heavy atom. The van der Waals surface area contributed by atoms with E-state index in [-0.39, 0.29) is 30.3 Å². The van der Waals surface area contributed by atoms with Gasteiger partial charge in [0, 0.05) is 19.6 Å². The first kappa shape index (κ1) is 30.0. The molecule has 1 saturated heterocycles. The molecule has 3 aromatic carbocycles. The van der Waals surface area contributed by atoms with Crippen molar-refractivity contribution in [3.05, 3.63) is 102 Å². The lowest BCUT2D eigenvalue weighted by Crippen LogP contribution is -2.46. The van der Waals surface area contributed by atoms with Gasteiger partial charge in [0.1, 0.15) is 6.10 Å². The third-order valence-electron chi connectivity index (χ3n) is 6.97. The molecule has 0 aliphatic carbocycles. The number of likely N-dealkylation sites (tertiary alicyclic amines) is 1. The van der Waals surface area contributed by atoms with Crippen molar-refractivity contribution in [1.82, 2.24) is 4.90 Å². The van der Waals surface area contributed by atoms with Crippen molar-refractivity contribution < 1.29 is 28.5 Å². The van der Waals surface area contributed by atoms with Crippen LogP contribution in [0.1, 0.15) is 42.6 Å². The van der Waals surface area contributed by atoms with E-state index in [1.54, 1.807) is 31.2 Å². The molecule has 1 heterocycles. The zero-order chi connectivity index (χ0) is 29.0. The van der Waals surface area contributed by atoms with E-state index in [1.165, 1.54) is 13.2 Å². The molecule has 3 aromatic rings. The van der Waals surface area contributed by atoms with Gasteiger partial charge in [0.2, 0.25) is 0 Å². The van der Waals surface area contributed by atoms with Gasteiger partial charge in [0.05, 0.1) is 25.9 Å². The minimum Gasteiger partial charge on any atom is -0.493 e. The summed E-state index contributed by atoms with van der Waals surface area (Å²) < 4.78 is 21.9. The highest BCUT2D eigenvalue weighted by molar-refractivity contribution is 5.97. The molecule has 8 heteroatoms. The number of nitrogens with zero attached hydrogens (tertiary/aromatic N) is 1. The van der Waals surface area contributed by atoms with E-state index in [0.717, 1.165) is 37.1 Å². The van der Waals surface area contributed by atoms with Gasteiger partial charge in [-0.2, -0.15) is 0 Å². The first-order valence-electron chi connectivity index (χ1n) is 13.9. The number of ether oxygens (including phenoxy) is 4. The van der Waals surface area contributed by atoms with Crippen LogP contribution in [-0.2, 0) is 14.3 Å². The monoisotopic (exact) mass is 558 g/mol. The van der Waals surface area contributed by atoms with Crippen molar-refractivity contribution in [2.24, 2.45) is 5.73 Å². The Morgan fingerprint density at radius 3 is 2.17 bits per heavy atom. The normalized spacial score (nSPS) is 15.1. The van der Waals surface area contributed by atoms with Crippen LogP contribution < -0.4 is 15.2 Å². The molecule has 0 amide bonds. The quantitative estimate of drug-likeness (QED) is 0.179. The molecule has 0 radical (unpaired) electrons. The van der Waals surface area contributed by atoms with Crippen molar-refractivity contribution in [1.29, 1.82) is 0 Å². The van der Waals surface area contributed by atoms with Crippen LogP contribution in [-0.4, -0.2) is 62.3 Å². The van der Waals surface area contributed by atoms with Gasteiger partial charge in [-0.05, 0) is 54.7 Å². The van der Waals surface area contributed by atoms with Crippen molar-refractivity contribution in [2.75, 3.05) is 33.4 Å². The molecular weight excluding hydrogens is 520 g/mol. The molecule has 0 spiro atoms. The second-order valence-corrected chi connectivity index (χ2v) is 9.88. The van der Waals surface area contributed by atoms with Crippen molar-refractivity contribution in [3.8, 4) is 11.5 Å². The Morgan fingerprint density at radius 1 is 0.951 bits per heavy atom. The molecular formula is C33H38N2O6. The van der Waals surface area contributed by atoms with Crippen LogP contribution in [0.3, 0.4) is 0 Å². The van der Waals surface area contributed by atoms with Gasteiger partial charge in [-0.15, -0.1) is 0 Å². The summed E-state index contributed by atoms with van der Waals surface area (Å²) in [4.78, 5) is 26.6. The summed E-state index contributed by atoms with van der Waals surface area (Å²) >= 11 is 0. The Labute approximate surface area is 241 Å². The first-order valence-corrected chi connectivity index (χ1v) is 13.9. The number of ketones is 1. The maximum atomic E-state index is 12.8. The van der Waals surface area contributed by atoms with Gasteiger partial charge < -0.3 is 29.6 Å². The molecule has 0 bridgehead atoms. The van der Waals surface area contributed by atoms with Crippen LogP contribution in [0, 0.1) is 0 Å². The summed E-state index contributed by atoms with van der Waals surface area (Å²) in [5.41, 5.74) is 9.26. The predicted octanol–water partition coefficient (Wildman–Crippen LogP) is 5.41. The summed E-state index contributed by atoms with van der Waals surface area (Å²) in [5, 5.41) is 0. The number of piperidine rings is 1. The highest BCUT2D eigenvalue weighted by Gasteiger charge is 2.26. The average Bonchev–Trinajstić information content (AvgIpc) is 3.01. The zero-order valence-electron chi connectivity index (χ0n) is 23.6. The topological polar surface area (TPSA) is 100 Å². The van der Waals surface area contributed by atoms with Crippen LogP contribution in [0.4, 0.5) is 4.79 Å². The maximum absolute atomic E-state index is 12.8. The van der Waals surface area contributed by atoms with Crippen LogP contribution in [0.2, 0.25) is 0 Å². The molecule has 1 fully saturated rings. The molecule has 4 rings (SSSR count). The van der Waals surface area contributed by atoms with E-state index >= 15 is 0 Å². The predicted molar refractivity (Wildman–Crippen MR) is 158 cm³/mol. The number of methoxy groups -OCH3 is 1. The summed E-state index contributed by atoms with van der Waals surface area (Å²) in [5.74, 6) is 0.420. The number of hydrogen-bond donors (Lipinski definition) is 1. The summed E-state index contributed by atoms with van der Waals surface area (Å²) in [7, 11) is 1.47. The fourth-order valence-electron chi connectivity index (χ4n) is 4.80. The summed E-state index contributed by atoms with van der Waals surface area (Å²) in [6, 6.07) is 24.9. The molecule has 2 N–H and O–H groups in total. The summed E-state index contributed by atoms with van der Waals surface area (Å²) in [6.07, 6.45) is 4.08. The van der Waals surface area contributed by atoms with E-state index in [9.17, 15) is 9.59 Å². The van der Waals surface area contributed by atoms with Gasteiger partial charge in [0.15, 0.2) is 17.3 Å². The van der Waals surface area contributed by atoms with Gasteiger partial charge in [-0.3, -0.25) is 4.79 Å². The number of nitrogens with two attached hydrogens (primary N) is 1. The Balaban J connectivity index is 1.28. The van der Waals surface area contributed by atoms with Crippen LogP contribution in [0.5, 0.6) is 11.5 Å². The number of carbonyl (C=O) groups excluding carboxylic acids is 2. The fourth-order valence-corrected chi connectivity index (χ4v) is 4.80. The van der Waals surface area contributed by atoms with E-state index in [1.807, 2.05) is 36.4 Å². The van der Waals surface area contributed by atoms with Crippen LogP contribution in [0.15, 0.2) is 84.9 Å². The smallest absolute Gasteiger partial charge is 0.493 e. The fraction of sp³-hybridized carbons (Fsp3) is 0.333. The molecule has 0 aromatic heterocycles. The van der Waals surface area contributed by atoms with E-state index in [0.29, 0.717) is 17.9 Å². The Hall–Kier alpha value is -3.98. The van der Waals surface area contributed by atoms with Gasteiger partial charge in [-0.1, -0.05) is 72.8 Å².